The second-order valence-corrected chi connectivity index (χ2v) is 4.62. The number of carbonyl (C=O) groups is 1. The molecule has 94 valence electrons. The maximum atomic E-state index is 10.9. The third-order valence-corrected chi connectivity index (χ3v) is 2.84. The average molecular weight is 323 g/mol. The molecule has 0 saturated carbocycles. The third-order valence-electron chi connectivity index (χ3n) is 2.04. The van der Waals surface area contributed by atoms with Crippen LogP contribution in [0.5, 0.6) is 5.75 Å². The summed E-state index contributed by atoms with van der Waals surface area (Å²) in [6.45, 7) is 0.388. The van der Waals surface area contributed by atoms with E-state index in [1.54, 1.807) is 12.1 Å². The standard InChI is InChI=1S/C11H13BrClNO3/c1-16-10(15)3-2-4-17-11-8(12)5-7(13)6-9(11)14/h5-6H,2-4,14H2,1H3. The summed E-state index contributed by atoms with van der Waals surface area (Å²) in [4.78, 5) is 10.9. The molecular formula is C11H13BrClNO3. The SMILES string of the molecule is COC(=O)CCCOc1c(N)cc(Cl)cc1Br. The number of benzene rings is 1. The van der Waals surface area contributed by atoms with Crippen molar-refractivity contribution in [3.63, 3.8) is 0 Å². The Morgan fingerprint density at radius 3 is 2.82 bits per heavy atom. The van der Waals surface area contributed by atoms with E-state index < -0.39 is 0 Å². The van der Waals surface area contributed by atoms with Crippen LogP contribution in [0, 0.1) is 0 Å². The first kappa shape index (κ1) is 14.1. The average Bonchev–Trinajstić information content (AvgIpc) is 2.26. The van der Waals surface area contributed by atoms with Crippen LogP contribution >= 0.6 is 27.5 Å². The number of hydrogen-bond acceptors (Lipinski definition) is 4. The molecule has 0 fully saturated rings. The molecule has 0 atom stereocenters. The van der Waals surface area contributed by atoms with Gasteiger partial charge >= 0.3 is 5.97 Å². The number of nitrogens with two attached hydrogens (primary N) is 1. The quantitative estimate of drug-likeness (QED) is 0.514. The summed E-state index contributed by atoms with van der Waals surface area (Å²) in [7, 11) is 1.36. The summed E-state index contributed by atoms with van der Waals surface area (Å²) in [5, 5.41) is 0.538. The minimum absolute atomic E-state index is 0.253. The summed E-state index contributed by atoms with van der Waals surface area (Å²) in [6.07, 6.45) is 0.892. The van der Waals surface area contributed by atoms with Crippen molar-refractivity contribution in [3.8, 4) is 5.75 Å². The van der Waals surface area contributed by atoms with Crippen LogP contribution in [0.4, 0.5) is 5.69 Å². The predicted octanol–water partition coefficient (Wildman–Crippen LogP) is 3.02. The van der Waals surface area contributed by atoms with Crippen LogP contribution in [0.1, 0.15) is 12.8 Å². The van der Waals surface area contributed by atoms with Gasteiger partial charge in [0.15, 0.2) is 5.75 Å². The van der Waals surface area contributed by atoms with Gasteiger partial charge < -0.3 is 15.2 Å². The molecule has 0 saturated heterocycles. The lowest BCUT2D eigenvalue weighted by atomic mass is 10.3. The van der Waals surface area contributed by atoms with E-state index in [2.05, 4.69) is 20.7 Å². The summed E-state index contributed by atoms with van der Waals surface area (Å²) < 4.78 is 10.7. The molecular weight excluding hydrogens is 309 g/mol. The smallest absolute Gasteiger partial charge is 0.305 e. The monoisotopic (exact) mass is 321 g/mol. The zero-order valence-electron chi connectivity index (χ0n) is 9.33. The topological polar surface area (TPSA) is 61.5 Å². The van der Waals surface area contributed by atoms with Gasteiger partial charge in [-0.2, -0.15) is 0 Å². The normalized spacial score (nSPS) is 10.1. The minimum Gasteiger partial charge on any atom is -0.490 e. The van der Waals surface area contributed by atoms with Gasteiger partial charge in [-0.05, 0) is 34.5 Å². The molecule has 0 bridgehead atoms. The van der Waals surface area contributed by atoms with Crippen LogP contribution in [0.25, 0.3) is 0 Å². The number of carbonyl (C=O) groups excluding carboxylic acids is 1. The number of nitrogen functional groups attached to an aromatic ring is 1. The van der Waals surface area contributed by atoms with Crippen molar-refractivity contribution in [1.82, 2.24) is 0 Å². The minimum atomic E-state index is -0.253. The second kappa shape index (κ2) is 6.71. The molecule has 1 rings (SSSR count). The fraction of sp³-hybridized carbons (Fsp3) is 0.364. The molecule has 0 spiro atoms. The van der Waals surface area contributed by atoms with Gasteiger partial charge in [-0.15, -0.1) is 0 Å². The van der Waals surface area contributed by atoms with Crippen molar-refractivity contribution in [3.05, 3.63) is 21.6 Å². The first-order chi connectivity index (χ1) is 8.04. The molecule has 0 aliphatic heterocycles. The van der Waals surface area contributed by atoms with Crippen LogP contribution in [0.3, 0.4) is 0 Å². The molecule has 1 aromatic carbocycles. The number of rotatable bonds is 5. The number of anilines is 1. The highest BCUT2D eigenvalue weighted by molar-refractivity contribution is 9.10. The van der Waals surface area contributed by atoms with Crippen molar-refractivity contribution < 1.29 is 14.3 Å². The van der Waals surface area contributed by atoms with Crippen molar-refractivity contribution in [2.24, 2.45) is 0 Å². The molecule has 17 heavy (non-hydrogen) atoms. The van der Waals surface area contributed by atoms with Crippen molar-refractivity contribution >= 4 is 39.2 Å². The molecule has 0 unspecified atom stereocenters. The van der Waals surface area contributed by atoms with Crippen molar-refractivity contribution in [2.75, 3.05) is 19.5 Å². The van der Waals surface area contributed by atoms with E-state index in [9.17, 15) is 4.79 Å². The molecule has 1 aromatic rings. The first-order valence-corrected chi connectivity index (χ1v) is 6.16. The Balaban J connectivity index is 2.50. The van der Waals surface area contributed by atoms with Crippen molar-refractivity contribution in [1.29, 1.82) is 0 Å². The van der Waals surface area contributed by atoms with Crippen molar-refractivity contribution in [2.45, 2.75) is 12.8 Å². The van der Waals surface area contributed by atoms with E-state index in [4.69, 9.17) is 22.1 Å². The molecule has 0 amide bonds. The molecule has 0 heterocycles. The molecule has 0 aromatic heterocycles. The van der Waals surface area contributed by atoms with Gasteiger partial charge in [0.25, 0.3) is 0 Å². The van der Waals surface area contributed by atoms with E-state index in [-0.39, 0.29) is 5.97 Å². The number of hydrogen-bond donors (Lipinski definition) is 1. The Kier molecular flexibility index (Phi) is 5.58. The number of methoxy groups -OCH3 is 1. The van der Waals surface area contributed by atoms with Crippen LogP contribution in [0.15, 0.2) is 16.6 Å². The Morgan fingerprint density at radius 2 is 2.24 bits per heavy atom. The summed E-state index contributed by atoms with van der Waals surface area (Å²) in [6, 6.07) is 3.31. The highest BCUT2D eigenvalue weighted by Crippen LogP contribution is 2.34. The van der Waals surface area contributed by atoms with Gasteiger partial charge in [-0.3, -0.25) is 4.79 Å². The van der Waals surface area contributed by atoms with Gasteiger partial charge in [-0.25, -0.2) is 0 Å². The van der Waals surface area contributed by atoms with E-state index in [0.29, 0.717) is 40.4 Å². The fourth-order valence-corrected chi connectivity index (χ4v) is 2.17. The van der Waals surface area contributed by atoms with Crippen LogP contribution in [-0.2, 0) is 9.53 Å². The largest absolute Gasteiger partial charge is 0.490 e. The van der Waals surface area contributed by atoms with E-state index in [0.717, 1.165) is 0 Å². The number of esters is 1. The fourth-order valence-electron chi connectivity index (χ4n) is 1.23. The molecule has 0 aliphatic rings. The van der Waals surface area contributed by atoms with Gasteiger partial charge in [0, 0.05) is 11.4 Å². The molecule has 0 radical (unpaired) electrons. The van der Waals surface area contributed by atoms with Gasteiger partial charge in [0.2, 0.25) is 0 Å². The molecule has 6 heteroatoms. The van der Waals surface area contributed by atoms with Gasteiger partial charge in [-0.1, -0.05) is 11.6 Å². The Labute approximate surface area is 113 Å². The van der Waals surface area contributed by atoms with Crippen LogP contribution in [-0.4, -0.2) is 19.7 Å². The zero-order chi connectivity index (χ0) is 12.8. The van der Waals surface area contributed by atoms with Gasteiger partial charge in [0.1, 0.15) is 0 Å². The van der Waals surface area contributed by atoms with Crippen LogP contribution in [0.2, 0.25) is 5.02 Å². The molecule has 2 N–H and O–H groups in total. The Morgan fingerprint density at radius 1 is 1.53 bits per heavy atom. The lowest BCUT2D eigenvalue weighted by molar-refractivity contribution is -0.140. The van der Waals surface area contributed by atoms with Gasteiger partial charge in [0.05, 0.1) is 23.9 Å². The second-order valence-electron chi connectivity index (χ2n) is 3.33. The van der Waals surface area contributed by atoms with E-state index >= 15 is 0 Å². The first-order valence-electron chi connectivity index (χ1n) is 4.98. The lowest BCUT2D eigenvalue weighted by Crippen LogP contribution is -2.05. The number of ether oxygens (including phenoxy) is 2. The molecule has 4 nitrogen and oxygen atoms in total. The number of halogens is 2. The highest BCUT2D eigenvalue weighted by Gasteiger charge is 2.08. The lowest BCUT2D eigenvalue weighted by Gasteiger charge is -2.10. The van der Waals surface area contributed by atoms with Crippen LogP contribution < -0.4 is 10.5 Å². The van der Waals surface area contributed by atoms with E-state index in [1.165, 1.54) is 7.11 Å². The predicted molar refractivity (Wildman–Crippen MR) is 70.3 cm³/mol. The zero-order valence-corrected chi connectivity index (χ0v) is 11.7. The third kappa shape index (κ3) is 4.44. The Hall–Kier alpha value is -0.940. The maximum absolute atomic E-state index is 10.9. The summed E-state index contributed by atoms with van der Waals surface area (Å²) in [5.74, 6) is 0.288. The highest BCUT2D eigenvalue weighted by atomic mass is 79.9. The molecule has 0 aliphatic carbocycles. The summed E-state index contributed by atoms with van der Waals surface area (Å²) >= 11 is 9.13. The maximum Gasteiger partial charge on any atom is 0.305 e. The Bertz CT molecular complexity index is 389. The van der Waals surface area contributed by atoms with E-state index in [1.807, 2.05) is 0 Å². The summed E-state index contributed by atoms with van der Waals surface area (Å²) in [5.41, 5.74) is 6.22.